The van der Waals surface area contributed by atoms with E-state index in [2.05, 4.69) is 5.32 Å². The molecule has 1 aliphatic heterocycles. The molecular weight excluding hydrogens is 250 g/mol. The first kappa shape index (κ1) is 12.9. The monoisotopic (exact) mass is 263 g/mol. The van der Waals surface area contributed by atoms with Gasteiger partial charge in [0.05, 0.1) is 0 Å². The van der Waals surface area contributed by atoms with Gasteiger partial charge >= 0.3 is 5.97 Å². The fourth-order valence-electron chi connectivity index (χ4n) is 1.62. The van der Waals surface area contributed by atoms with Crippen molar-refractivity contribution in [3.05, 3.63) is 47.9 Å². The van der Waals surface area contributed by atoms with Crippen LogP contribution in [0.1, 0.15) is 11.6 Å². The van der Waals surface area contributed by atoms with E-state index < -0.39 is 17.9 Å². The van der Waals surface area contributed by atoms with Crippen LogP contribution in [0.3, 0.4) is 0 Å². The molecule has 2 N–H and O–H groups in total. The summed E-state index contributed by atoms with van der Waals surface area (Å²) in [5, 5.41) is 11.6. The van der Waals surface area contributed by atoms with Crippen LogP contribution in [0.2, 0.25) is 0 Å². The molecule has 6 heteroatoms. The summed E-state index contributed by atoms with van der Waals surface area (Å²) in [6.45, 7) is 0.639. The van der Waals surface area contributed by atoms with Crippen molar-refractivity contribution >= 4 is 11.9 Å². The minimum Gasteiger partial charge on any atom is -0.494 e. The summed E-state index contributed by atoms with van der Waals surface area (Å²) < 4.78 is 10.0. The Morgan fingerprint density at radius 3 is 2.53 bits per heavy atom. The zero-order chi connectivity index (χ0) is 13.7. The van der Waals surface area contributed by atoms with E-state index in [1.54, 1.807) is 30.3 Å². The van der Waals surface area contributed by atoms with Gasteiger partial charge in [-0.15, -0.1) is 0 Å². The maximum Gasteiger partial charge on any atom is 0.330 e. The van der Waals surface area contributed by atoms with E-state index in [0.717, 1.165) is 0 Å². The number of nitrogens with one attached hydrogen (secondary N) is 1. The van der Waals surface area contributed by atoms with Crippen molar-refractivity contribution in [2.24, 2.45) is 0 Å². The van der Waals surface area contributed by atoms with Crippen LogP contribution in [-0.4, -0.2) is 30.2 Å². The molecule has 1 heterocycles. The van der Waals surface area contributed by atoms with Crippen LogP contribution < -0.4 is 5.32 Å². The number of carboxylic acids is 1. The topological polar surface area (TPSA) is 84.9 Å². The maximum atomic E-state index is 11.8. The third-order valence-electron chi connectivity index (χ3n) is 2.53. The van der Waals surface area contributed by atoms with Gasteiger partial charge in [-0.25, -0.2) is 4.79 Å². The molecule has 1 aromatic rings. The fraction of sp³-hybridized carbons (Fsp3) is 0.231. The van der Waals surface area contributed by atoms with Crippen LogP contribution in [0.15, 0.2) is 42.4 Å². The van der Waals surface area contributed by atoms with Crippen molar-refractivity contribution in [3.8, 4) is 0 Å². The van der Waals surface area contributed by atoms with Gasteiger partial charge in [0.1, 0.15) is 19.5 Å². The molecule has 0 saturated carbocycles. The van der Waals surface area contributed by atoms with Crippen molar-refractivity contribution in [1.82, 2.24) is 5.32 Å². The lowest BCUT2D eigenvalue weighted by Gasteiger charge is -2.18. The standard InChI is InChI=1S/C13H13NO5/c15-12(10-8-18-6-7-19-10)14-11(13(16)17)9-4-2-1-3-5-9/h1-5,8,11H,6-7H2,(H,14,15)(H,16,17)/t11-/m0/s1. The summed E-state index contributed by atoms with van der Waals surface area (Å²) >= 11 is 0. The van der Waals surface area contributed by atoms with Crippen LogP contribution in [-0.2, 0) is 19.1 Å². The zero-order valence-electron chi connectivity index (χ0n) is 10.0. The molecule has 0 spiro atoms. The third kappa shape index (κ3) is 3.25. The molecule has 0 radical (unpaired) electrons. The van der Waals surface area contributed by atoms with E-state index in [-0.39, 0.29) is 12.4 Å². The average molecular weight is 263 g/mol. The summed E-state index contributed by atoms with van der Waals surface area (Å²) in [6, 6.07) is 7.32. The lowest BCUT2D eigenvalue weighted by atomic mass is 10.1. The van der Waals surface area contributed by atoms with Gasteiger partial charge in [0.15, 0.2) is 6.04 Å². The minimum absolute atomic E-state index is 0.0200. The Balaban J connectivity index is 2.11. The van der Waals surface area contributed by atoms with Crippen molar-refractivity contribution in [2.75, 3.05) is 13.2 Å². The molecule has 0 aliphatic carbocycles. The van der Waals surface area contributed by atoms with Crippen LogP contribution >= 0.6 is 0 Å². The van der Waals surface area contributed by atoms with E-state index in [9.17, 15) is 9.59 Å². The van der Waals surface area contributed by atoms with Gasteiger partial charge in [-0.2, -0.15) is 0 Å². The van der Waals surface area contributed by atoms with Crippen LogP contribution in [0.25, 0.3) is 0 Å². The Kier molecular flexibility index (Phi) is 4.02. The Hall–Kier alpha value is -2.50. The summed E-state index contributed by atoms with van der Waals surface area (Å²) in [5.74, 6) is -1.78. The van der Waals surface area contributed by atoms with E-state index >= 15 is 0 Å². The van der Waals surface area contributed by atoms with Crippen LogP contribution in [0, 0.1) is 0 Å². The molecule has 1 aromatic carbocycles. The number of hydrogen-bond acceptors (Lipinski definition) is 4. The largest absolute Gasteiger partial charge is 0.494 e. The number of ether oxygens (including phenoxy) is 2. The van der Waals surface area contributed by atoms with E-state index in [1.165, 1.54) is 6.26 Å². The van der Waals surface area contributed by atoms with Gasteiger partial charge in [0.2, 0.25) is 5.76 Å². The molecule has 1 aliphatic rings. The molecule has 100 valence electrons. The molecular formula is C13H13NO5. The Morgan fingerprint density at radius 2 is 1.95 bits per heavy atom. The molecule has 1 amide bonds. The first-order valence-electron chi connectivity index (χ1n) is 5.71. The highest BCUT2D eigenvalue weighted by Crippen LogP contribution is 2.14. The van der Waals surface area contributed by atoms with Gasteiger partial charge < -0.3 is 19.9 Å². The third-order valence-corrected chi connectivity index (χ3v) is 2.53. The molecule has 0 fully saturated rings. The Bertz CT molecular complexity index is 497. The number of rotatable bonds is 4. The number of benzene rings is 1. The zero-order valence-corrected chi connectivity index (χ0v) is 10.0. The second-order valence-electron chi connectivity index (χ2n) is 3.86. The molecule has 0 saturated heterocycles. The SMILES string of the molecule is O=C(N[C@H](C(=O)O)c1ccccc1)C1=COCCO1. The number of hydrogen-bond donors (Lipinski definition) is 2. The molecule has 0 aromatic heterocycles. The highest BCUT2D eigenvalue weighted by Gasteiger charge is 2.25. The lowest BCUT2D eigenvalue weighted by molar-refractivity contribution is -0.142. The second-order valence-corrected chi connectivity index (χ2v) is 3.86. The average Bonchev–Trinajstić information content (AvgIpc) is 2.46. The molecule has 6 nitrogen and oxygen atoms in total. The second kappa shape index (κ2) is 5.90. The number of carbonyl (C=O) groups excluding carboxylic acids is 1. The predicted octanol–water partition coefficient (Wildman–Crippen LogP) is 0.817. The Labute approximate surface area is 109 Å². The van der Waals surface area contributed by atoms with Crippen molar-refractivity contribution in [2.45, 2.75) is 6.04 Å². The van der Waals surface area contributed by atoms with Crippen LogP contribution in [0.4, 0.5) is 0 Å². The van der Waals surface area contributed by atoms with Crippen molar-refractivity contribution < 1.29 is 24.2 Å². The number of carbonyl (C=O) groups is 2. The summed E-state index contributed by atoms with van der Waals surface area (Å²) in [5.41, 5.74) is 0.487. The number of aliphatic carboxylic acids is 1. The fourth-order valence-corrected chi connectivity index (χ4v) is 1.62. The molecule has 2 rings (SSSR count). The first-order valence-corrected chi connectivity index (χ1v) is 5.71. The summed E-state index contributed by atoms with van der Waals surface area (Å²) in [6.07, 6.45) is 1.18. The van der Waals surface area contributed by atoms with Crippen LogP contribution in [0.5, 0.6) is 0 Å². The number of carboxylic acid groups (broad SMARTS) is 1. The highest BCUT2D eigenvalue weighted by molar-refractivity contribution is 5.94. The number of amides is 1. The molecule has 19 heavy (non-hydrogen) atoms. The molecule has 1 atom stereocenters. The smallest absolute Gasteiger partial charge is 0.330 e. The predicted molar refractivity (Wildman–Crippen MR) is 64.9 cm³/mol. The molecule has 0 unspecified atom stereocenters. The van der Waals surface area contributed by atoms with Crippen molar-refractivity contribution in [3.63, 3.8) is 0 Å². The van der Waals surface area contributed by atoms with Crippen molar-refractivity contribution in [1.29, 1.82) is 0 Å². The van der Waals surface area contributed by atoms with Gasteiger partial charge in [0.25, 0.3) is 5.91 Å². The highest BCUT2D eigenvalue weighted by atomic mass is 16.6. The van der Waals surface area contributed by atoms with E-state index in [4.69, 9.17) is 14.6 Å². The van der Waals surface area contributed by atoms with Gasteiger partial charge in [-0.1, -0.05) is 30.3 Å². The molecule has 0 bridgehead atoms. The van der Waals surface area contributed by atoms with Gasteiger partial charge in [-0.3, -0.25) is 4.79 Å². The summed E-state index contributed by atoms with van der Waals surface area (Å²) in [7, 11) is 0. The Morgan fingerprint density at radius 1 is 1.21 bits per heavy atom. The lowest BCUT2D eigenvalue weighted by Crippen LogP contribution is -2.36. The quantitative estimate of drug-likeness (QED) is 0.840. The summed E-state index contributed by atoms with van der Waals surface area (Å²) in [4.78, 5) is 23.1. The normalized spacial score (nSPS) is 15.5. The van der Waals surface area contributed by atoms with E-state index in [1.807, 2.05) is 0 Å². The van der Waals surface area contributed by atoms with Gasteiger partial charge in [0, 0.05) is 0 Å². The van der Waals surface area contributed by atoms with E-state index in [0.29, 0.717) is 12.2 Å². The van der Waals surface area contributed by atoms with Gasteiger partial charge in [-0.05, 0) is 5.56 Å². The maximum absolute atomic E-state index is 11.8. The first-order chi connectivity index (χ1) is 9.18. The minimum atomic E-state index is -1.14.